The number of nitrogens with zero attached hydrogens (tertiary/aromatic N) is 3. The average molecular weight is 447 g/mol. The summed E-state index contributed by atoms with van der Waals surface area (Å²) in [7, 11) is 0. The van der Waals surface area contributed by atoms with Gasteiger partial charge in [-0.3, -0.25) is 5.10 Å². The van der Waals surface area contributed by atoms with Crippen LogP contribution in [0.3, 0.4) is 0 Å². The Hall–Kier alpha value is -4.21. The van der Waals surface area contributed by atoms with E-state index in [1.165, 1.54) is 23.3 Å². The number of nitrogens with one attached hydrogen (secondary N) is 1. The van der Waals surface area contributed by atoms with E-state index in [0.29, 0.717) is 6.54 Å². The summed E-state index contributed by atoms with van der Waals surface area (Å²) in [5.74, 6) is 3.21. The largest absolute Gasteiger partial charge is 0.343 e. The first kappa shape index (κ1) is 20.4. The second-order valence-electron chi connectivity index (χ2n) is 8.76. The Balaban J connectivity index is 1.28. The fourth-order valence-corrected chi connectivity index (χ4v) is 4.69. The summed E-state index contributed by atoms with van der Waals surface area (Å²) in [4.78, 5) is 4.63. The maximum Gasteiger partial charge on any atom is 0.123 e. The second-order valence-corrected chi connectivity index (χ2v) is 8.76. The third-order valence-electron chi connectivity index (χ3n) is 6.55. The van der Waals surface area contributed by atoms with Crippen LogP contribution in [-0.2, 0) is 13.0 Å². The van der Waals surface area contributed by atoms with Gasteiger partial charge >= 0.3 is 0 Å². The highest BCUT2D eigenvalue weighted by molar-refractivity contribution is 5.79. The summed E-state index contributed by atoms with van der Waals surface area (Å²) in [5, 5.41) is 8.31. The van der Waals surface area contributed by atoms with Crippen LogP contribution in [-0.4, -0.2) is 20.6 Å². The minimum Gasteiger partial charge on any atom is -0.343 e. The summed E-state index contributed by atoms with van der Waals surface area (Å²) in [6.07, 6.45) is 7.89. The molecule has 1 N–H and O–H groups in total. The van der Waals surface area contributed by atoms with Crippen LogP contribution in [0, 0.1) is 5.82 Å². The third kappa shape index (κ3) is 3.98. The van der Waals surface area contributed by atoms with Gasteiger partial charge in [0, 0.05) is 29.7 Å². The Bertz CT molecular complexity index is 1530. The number of aromatic amines is 1. The molecule has 4 nitrogen and oxygen atoms in total. The zero-order valence-corrected chi connectivity index (χ0v) is 18.6. The summed E-state index contributed by atoms with van der Waals surface area (Å²) >= 11 is 0. The highest BCUT2D eigenvalue weighted by atomic mass is 19.1. The lowest BCUT2D eigenvalue weighted by Gasteiger charge is -2.16. The molecule has 1 atom stereocenters. The van der Waals surface area contributed by atoms with Crippen LogP contribution in [0.5, 0.6) is 0 Å². The molecule has 5 aromatic rings. The first-order valence-electron chi connectivity index (χ1n) is 11.5. The Morgan fingerprint density at radius 2 is 1.94 bits per heavy atom. The number of halogens is 1. The summed E-state index contributed by atoms with van der Waals surface area (Å²) in [5.41, 5.74) is 7.84. The molecule has 2 aromatic heterocycles. The van der Waals surface area contributed by atoms with Crippen LogP contribution in [0.1, 0.15) is 29.0 Å². The fraction of sp³-hybridized carbons (Fsp3) is 0.138. The summed E-state index contributed by atoms with van der Waals surface area (Å²) < 4.78 is 15.5. The normalized spacial score (nSPS) is 15.3. The molecule has 1 aliphatic rings. The van der Waals surface area contributed by atoms with Gasteiger partial charge in [0.1, 0.15) is 5.82 Å². The van der Waals surface area contributed by atoms with E-state index in [2.05, 4.69) is 86.4 Å². The number of hydrogen-bond acceptors (Lipinski definition) is 2. The van der Waals surface area contributed by atoms with E-state index in [1.807, 2.05) is 18.3 Å². The van der Waals surface area contributed by atoms with Crippen molar-refractivity contribution in [2.24, 2.45) is 4.99 Å². The van der Waals surface area contributed by atoms with E-state index < -0.39 is 0 Å². The number of aliphatic imine (C=N–C) groups is 1. The first-order valence-corrected chi connectivity index (χ1v) is 11.5. The van der Waals surface area contributed by atoms with Crippen molar-refractivity contribution in [3.05, 3.63) is 114 Å². The molecule has 0 saturated carbocycles. The van der Waals surface area contributed by atoms with Gasteiger partial charge in [-0.05, 0) is 89.5 Å². The minimum atomic E-state index is -0.212. The number of fused-ring (bicyclic) bond motifs is 2. The molecular weight excluding hydrogens is 423 g/mol. The smallest absolute Gasteiger partial charge is 0.123 e. The molecule has 166 valence electrons. The summed E-state index contributed by atoms with van der Waals surface area (Å²) in [6, 6.07) is 23.8. The maximum atomic E-state index is 13.3. The molecular formula is C29H23FN4. The third-order valence-corrected chi connectivity index (χ3v) is 6.55. The molecule has 0 fully saturated rings. The number of hydrogen-bond donors (Lipinski definition) is 1. The van der Waals surface area contributed by atoms with E-state index >= 15 is 0 Å². The Labute approximate surface area is 197 Å². The number of aromatic nitrogens is 3. The van der Waals surface area contributed by atoms with Crippen molar-refractivity contribution in [1.82, 2.24) is 14.8 Å². The molecule has 5 heteroatoms. The molecule has 0 aliphatic carbocycles. The van der Waals surface area contributed by atoms with E-state index in [4.69, 9.17) is 0 Å². The predicted molar refractivity (Wildman–Crippen MR) is 134 cm³/mol. The molecule has 3 heterocycles. The van der Waals surface area contributed by atoms with Gasteiger partial charge in [0.2, 0.25) is 0 Å². The van der Waals surface area contributed by atoms with Gasteiger partial charge in [-0.25, -0.2) is 9.38 Å². The number of aryl methyl sites for hydroxylation is 1. The lowest BCUT2D eigenvalue weighted by Crippen LogP contribution is -2.02. The monoisotopic (exact) mass is 446 g/mol. The SMILES string of the molecule is Fc1ccc(Cn2cccc2-c2ccc3c(c2)CCC(c2ccc4cn[nH]c4c2)C=C=N3)cc1. The van der Waals surface area contributed by atoms with Gasteiger partial charge in [-0.15, -0.1) is 0 Å². The van der Waals surface area contributed by atoms with Crippen molar-refractivity contribution in [1.29, 1.82) is 0 Å². The van der Waals surface area contributed by atoms with Gasteiger partial charge < -0.3 is 4.57 Å². The zero-order chi connectivity index (χ0) is 22.9. The standard InChI is InChI=1S/C29H23FN4/c30-26-10-3-20(4-11-26)19-34-15-1-2-29(34)24-9-12-27-23(16-24)7-5-21(13-14-31-27)22-6-8-25-18-32-33-28(25)17-22/h1-4,6,8-13,15-18,21H,5,7,19H2,(H,32,33). The van der Waals surface area contributed by atoms with E-state index in [-0.39, 0.29) is 11.7 Å². The number of allylic oxidation sites excluding steroid dienone is 1. The molecule has 0 saturated heterocycles. The Morgan fingerprint density at radius 3 is 2.85 bits per heavy atom. The molecule has 1 aliphatic heterocycles. The van der Waals surface area contributed by atoms with Gasteiger partial charge in [-0.2, -0.15) is 5.10 Å². The van der Waals surface area contributed by atoms with Crippen LogP contribution in [0.25, 0.3) is 22.2 Å². The number of rotatable bonds is 4. The molecule has 0 amide bonds. The number of benzene rings is 3. The highest BCUT2D eigenvalue weighted by Gasteiger charge is 2.15. The van der Waals surface area contributed by atoms with E-state index in [1.54, 1.807) is 0 Å². The maximum absolute atomic E-state index is 13.3. The topological polar surface area (TPSA) is 46.0 Å². The minimum absolute atomic E-state index is 0.212. The molecule has 6 rings (SSSR count). The van der Waals surface area contributed by atoms with Crippen LogP contribution < -0.4 is 0 Å². The van der Waals surface area contributed by atoms with Crippen molar-refractivity contribution in [2.75, 3.05) is 0 Å². The first-order chi connectivity index (χ1) is 16.7. The van der Waals surface area contributed by atoms with Gasteiger partial charge in [0.15, 0.2) is 0 Å². The van der Waals surface area contributed by atoms with Crippen LogP contribution in [0.2, 0.25) is 0 Å². The zero-order valence-electron chi connectivity index (χ0n) is 18.6. The highest BCUT2D eigenvalue weighted by Crippen LogP contribution is 2.33. The van der Waals surface area contributed by atoms with Crippen LogP contribution in [0.15, 0.2) is 96.3 Å². The quantitative estimate of drug-likeness (QED) is 0.324. The second kappa shape index (κ2) is 8.62. The lowest BCUT2D eigenvalue weighted by atomic mass is 9.90. The molecule has 0 spiro atoms. The van der Waals surface area contributed by atoms with Crippen molar-refractivity contribution in [3.63, 3.8) is 0 Å². The summed E-state index contributed by atoms with van der Waals surface area (Å²) in [6.45, 7) is 0.693. The number of H-pyrrole nitrogens is 1. The average Bonchev–Trinajstić information content (AvgIpc) is 3.50. The van der Waals surface area contributed by atoms with E-state index in [0.717, 1.165) is 46.3 Å². The van der Waals surface area contributed by atoms with Crippen molar-refractivity contribution in [2.45, 2.75) is 25.3 Å². The Kier molecular flexibility index (Phi) is 5.17. The van der Waals surface area contributed by atoms with Gasteiger partial charge in [-0.1, -0.05) is 30.3 Å². The van der Waals surface area contributed by atoms with Crippen molar-refractivity contribution in [3.8, 4) is 11.3 Å². The molecule has 0 bridgehead atoms. The molecule has 0 radical (unpaired) electrons. The van der Waals surface area contributed by atoms with Gasteiger partial charge in [0.05, 0.1) is 17.4 Å². The molecule has 3 aromatic carbocycles. The Morgan fingerprint density at radius 1 is 1.03 bits per heavy atom. The lowest BCUT2D eigenvalue weighted by molar-refractivity contribution is 0.626. The molecule has 1 unspecified atom stereocenters. The predicted octanol–water partition coefficient (Wildman–Crippen LogP) is 6.81. The van der Waals surface area contributed by atoms with Crippen LogP contribution >= 0.6 is 0 Å². The fourth-order valence-electron chi connectivity index (χ4n) is 4.69. The molecule has 34 heavy (non-hydrogen) atoms. The van der Waals surface area contributed by atoms with Crippen molar-refractivity contribution >= 4 is 22.5 Å². The van der Waals surface area contributed by atoms with Crippen LogP contribution in [0.4, 0.5) is 10.1 Å². The van der Waals surface area contributed by atoms with Gasteiger partial charge in [0.25, 0.3) is 0 Å². The van der Waals surface area contributed by atoms with E-state index in [9.17, 15) is 4.39 Å². The van der Waals surface area contributed by atoms with Crippen molar-refractivity contribution < 1.29 is 4.39 Å².